The van der Waals surface area contributed by atoms with Crippen molar-refractivity contribution in [3.8, 4) is 0 Å². The summed E-state index contributed by atoms with van der Waals surface area (Å²) in [5.41, 5.74) is -1.50. The summed E-state index contributed by atoms with van der Waals surface area (Å²) >= 11 is 0. The predicted octanol–water partition coefficient (Wildman–Crippen LogP) is -0.507. The third kappa shape index (κ3) is 2.21. The van der Waals surface area contributed by atoms with Crippen molar-refractivity contribution in [3.63, 3.8) is 0 Å². The van der Waals surface area contributed by atoms with Gasteiger partial charge in [-0.2, -0.15) is 0 Å². The van der Waals surface area contributed by atoms with Gasteiger partial charge >= 0.3 is 5.69 Å². The molecule has 0 amide bonds. The normalized spacial score (nSPS) is 31.7. The molecule has 2 rings (SSSR count). The fourth-order valence-corrected chi connectivity index (χ4v) is 1.89. The van der Waals surface area contributed by atoms with Gasteiger partial charge < -0.3 is 9.84 Å². The van der Waals surface area contributed by atoms with Crippen molar-refractivity contribution in [2.75, 3.05) is 6.61 Å². The number of ether oxygens (including phenoxy) is 1. The summed E-state index contributed by atoms with van der Waals surface area (Å²) in [7, 11) is 0. The van der Waals surface area contributed by atoms with E-state index in [1.807, 2.05) is 4.98 Å². The summed E-state index contributed by atoms with van der Waals surface area (Å²) in [6.07, 6.45) is -5.48. The molecule has 0 radical (unpaired) electrons. The van der Waals surface area contributed by atoms with Crippen molar-refractivity contribution in [1.29, 1.82) is 0 Å². The van der Waals surface area contributed by atoms with Crippen LogP contribution in [0, 0.1) is 0 Å². The van der Waals surface area contributed by atoms with Gasteiger partial charge in [-0.25, -0.2) is 13.6 Å². The molecule has 100 valence electrons. The minimum atomic E-state index is -2.02. The molecule has 18 heavy (non-hydrogen) atoms. The Morgan fingerprint density at radius 1 is 1.39 bits per heavy atom. The Kier molecular flexibility index (Phi) is 3.58. The van der Waals surface area contributed by atoms with Crippen LogP contribution in [0.2, 0.25) is 0 Å². The molecule has 0 spiro atoms. The molecule has 1 aliphatic rings. The summed E-state index contributed by atoms with van der Waals surface area (Å²) in [4.78, 5) is 24.2. The van der Waals surface area contributed by atoms with E-state index in [4.69, 9.17) is 9.84 Å². The van der Waals surface area contributed by atoms with Gasteiger partial charge in [0.2, 0.25) is 0 Å². The fourth-order valence-electron chi connectivity index (χ4n) is 1.89. The SMILES string of the molecule is O=c1ccn([C@@H]2O[C@H](CCO)[C@@H](F)[C@H]2F)c(=O)[nH]1. The first kappa shape index (κ1) is 12.9. The van der Waals surface area contributed by atoms with Crippen LogP contribution in [-0.2, 0) is 4.74 Å². The Hall–Kier alpha value is -1.54. The van der Waals surface area contributed by atoms with Crippen molar-refractivity contribution < 1.29 is 18.6 Å². The average molecular weight is 262 g/mol. The quantitative estimate of drug-likeness (QED) is 0.768. The summed E-state index contributed by atoms with van der Waals surface area (Å²) in [5, 5.41) is 8.69. The molecule has 0 aromatic carbocycles. The number of alkyl halides is 2. The van der Waals surface area contributed by atoms with E-state index in [1.54, 1.807) is 0 Å². The lowest BCUT2D eigenvalue weighted by Crippen LogP contribution is -2.34. The second-order valence-corrected chi connectivity index (χ2v) is 3.98. The van der Waals surface area contributed by atoms with Crippen LogP contribution in [-0.4, -0.2) is 39.7 Å². The number of nitrogens with zero attached hydrogens (tertiary/aromatic N) is 1. The molecule has 1 aliphatic heterocycles. The van der Waals surface area contributed by atoms with Crippen molar-refractivity contribution in [1.82, 2.24) is 9.55 Å². The molecule has 0 saturated carbocycles. The lowest BCUT2D eigenvalue weighted by molar-refractivity contribution is -0.0313. The molecule has 0 unspecified atom stereocenters. The Labute approximate surface area is 99.8 Å². The largest absolute Gasteiger partial charge is 0.396 e. The number of hydrogen-bond donors (Lipinski definition) is 2. The zero-order valence-corrected chi connectivity index (χ0v) is 9.25. The number of H-pyrrole nitrogens is 1. The summed E-state index contributed by atoms with van der Waals surface area (Å²) in [6, 6.07) is 1.02. The Morgan fingerprint density at radius 2 is 2.11 bits per heavy atom. The van der Waals surface area contributed by atoms with E-state index in [0.29, 0.717) is 0 Å². The van der Waals surface area contributed by atoms with Crippen LogP contribution in [0.1, 0.15) is 12.6 Å². The highest BCUT2D eigenvalue weighted by Gasteiger charge is 2.46. The predicted molar refractivity (Wildman–Crippen MR) is 56.7 cm³/mol. The standard InChI is InChI=1S/C10H12F2N2O4/c11-7-5(2-4-15)18-9(8(7)12)14-3-1-6(16)13-10(14)17/h1,3,5,7-9,15H,2,4H2,(H,13,16,17)/t5-,7-,8-,9-/m1/s1. The number of nitrogens with one attached hydrogen (secondary N) is 1. The van der Waals surface area contributed by atoms with E-state index in [-0.39, 0.29) is 13.0 Å². The van der Waals surface area contributed by atoms with Gasteiger partial charge in [0.25, 0.3) is 5.56 Å². The van der Waals surface area contributed by atoms with E-state index in [0.717, 1.165) is 16.8 Å². The second kappa shape index (κ2) is 4.99. The third-order valence-electron chi connectivity index (χ3n) is 2.78. The number of rotatable bonds is 3. The molecule has 1 saturated heterocycles. The first-order valence-corrected chi connectivity index (χ1v) is 5.40. The summed E-state index contributed by atoms with van der Waals surface area (Å²) < 4.78 is 33.1. The molecule has 2 N–H and O–H groups in total. The number of hydrogen-bond acceptors (Lipinski definition) is 4. The Morgan fingerprint density at radius 3 is 2.72 bits per heavy atom. The number of aromatic amines is 1. The van der Waals surface area contributed by atoms with Gasteiger partial charge in [-0.3, -0.25) is 14.3 Å². The van der Waals surface area contributed by atoms with Crippen LogP contribution < -0.4 is 11.2 Å². The van der Waals surface area contributed by atoms with Crippen LogP contribution in [0.5, 0.6) is 0 Å². The minimum Gasteiger partial charge on any atom is -0.396 e. The molecular formula is C10H12F2N2O4. The van der Waals surface area contributed by atoms with Gasteiger partial charge in [0.1, 0.15) is 0 Å². The van der Waals surface area contributed by atoms with Gasteiger partial charge in [-0.15, -0.1) is 0 Å². The molecular weight excluding hydrogens is 250 g/mol. The maximum Gasteiger partial charge on any atom is 0.330 e. The van der Waals surface area contributed by atoms with Gasteiger partial charge in [0, 0.05) is 18.9 Å². The molecule has 1 fully saturated rings. The van der Waals surface area contributed by atoms with E-state index >= 15 is 0 Å². The van der Waals surface area contributed by atoms with Gasteiger partial charge in [-0.1, -0.05) is 0 Å². The first-order valence-electron chi connectivity index (χ1n) is 5.40. The Bertz CT molecular complexity index is 529. The molecule has 4 atom stereocenters. The summed E-state index contributed by atoms with van der Waals surface area (Å²) in [6.45, 7) is -0.342. The zero-order chi connectivity index (χ0) is 13.3. The molecule has 6 nitrogen and oxygen atoms in total. The highest BCUT2D eigenvalue weighted by molar-refractivity contribution is 4.93. The van der Waals surface area contributed by atoms with Crippen LogP contribution in [0.3, 0.4) is 0 Å². The lowest BCUT2D eigenvalue weighted by atomic mass is 10.1. The highest BCUT2D eigenvalue weighted by atomic mass is 19.2. The number of aliphatic hydroxyl groups excluding tert-OH is 1. The van der Waals surface area contributed by atoms with Crippen molar-refractivity contribution in [2.24, 2.45) is 0 Å². The molecule has 8 heteroatoms. The second-order valence-electron chi connectivity index (χ2n) is 3.98. The highest BCUT2D eigenvalue weighted by Crippen LogP contribution is 2.34. The smallest absolute Gasteiger partial charge is 0.330 e. The van der Waals surface area contributed by atoms with E-state index < -0.39 is 35.9 Å². The molecule has 0 aliphatic carbocycles. The van der Waals surface area contributed by atoms with Crippen molar-refractivity contribution in [3.05, 3.63) is 33.1 Å². The molecule has 0 bridgehead atoms. The van der Waals surface area contributed by atoms with Gasteiger partial charge in [-0.05, 0) is 6.42 Å². The fraction of sp³-hybridized carbons (Fsp3) is 0.600. The van der Waals surface area contributed by atoms with Crippen molar-refractivity contribution in [2.45, 2.75) is 31.1 Å². The van der Waals surface area contributed by atoms with Crippen LogP contribution in [0.4, 0.5) is 8.78 Å². The zero-order valence-electron chi connectivity index (χ0n) is 9.25. The number of aliphatic hydroxyl groups is 1. The third-order valence-corrected chi connectivity index (χ3v) is 2.78. The maximum atomic E-state index is 13.7. The maximum absolute atomic E-state index is 13.7. The minimum absolute atomic E-state index is 0.0593. The van der Waals surface area contributed by atoms with Crippen LogP contribution >= 0.6 is 0 Å². The van der Waals surface area contributed by atoms with Gasteiger partial charge in [0.15, 0.2) is 18.6 Å². The van der Waals surface area contributed by atoms with Crippen LogP contribution in [0.25, 0.3) is 0 Å². The van der Waals surface area contributed by atoms with Crippen LogP contribution in [0.15, 0.2) is 21.9 Å². The monoisotopic (exact) mass is 262 g/mol. The number of halogens is 2. The van der Waals surface area contributed by atoms with E-state index in [9.17, 15) is 18.4 Å². The molecule has 1 aromatic rings. The van der Waals surface area contributed by atoms with E-state index in [2.05, 4.69) is 0 Å². The lowest BCUT2D eigenvalue weighted by Gasteiger charge is -2.15. The Balaban J connectivity index is 2.29. The van der Waals surface area contributed by atoms with Gasteiger partial charge in [0.05, 0.1) is 6.10 Å². The molecule has 2 heterocycles. The van der Waals surface area contributed by atoms with E-state index in [1.165, 1.54) is 0 Å². The summed E-state index contributed by atoms with van der Waals surface area (Å²) in [5.74, 6) is 0. The number of aromatic nitrogens is 2. The average Bonchev–Trinajstić information content (AvgIpc) is 2.58. The first-order chi connectivity index (χ1) is 8.54. The van der Waals surface area contributed by atoms with Crippen molar-refractivity contribution >= 4 is 0 Å². The molecule has 1 aromatic heterocycles. The topological polar surface area (TPSA) is 84.3 Å².